The summed E-state index contributed by atoms with van der Waals surface area (Å²) in [7, 11) is 3.15. The highest BCUT2D eigenvalue weighted by atomic mass is 16.6. The third-order valence-electron chi connectivity index (χ3n) is 7.97. The van der Waals surface area contributed by atoms with Crippen molar-refractivity contribution in [2.75, 3.05) is 0 Å². The molecule has 0 fully saturated rings. The van der Waals surface area contributed by atoms with E-state index in [-0.39, 0.29) is 34.5 Å². The molecule has 0 unspecified atom stereocenters. The summed E-state index contributed by atoms with van der Waals surface area (Å²) in [5, 5.41) is 2.78. The summed E-state index contributed by atoms with van der Waals surface area (Å²) in [4.78, 5) is 39.8. The van der Waals surface area contributed by atoms with Gasteiger partial charge in [-0.3, -0.25) is 18.7 Å². The maximum absolute atomic E-state index is 14.1. The van der Waals surface area contributed by atoms with Crippen LogP contribution in [0.5, 0.6) is 5.95 Å². The van der Waals surface area contributed by atoms with E-state index in [0.29, 0.717) is 34.1 Å². The zero-order valence-electron chi connectivity index (χ0n) is 19.8. The lowest BCUT2D eigenvalue weighted by Crippen LogP contribution is -2.45. The van der Waals surface area contributed by atoms with Crippen molar-refractivity contribution in [3.8, 4) is 5.95 Å². The molecule has 0 saturated heterocycles. The van der Waals surface area contributed by atoms with E-state index in [4.69, 9.17) is 9.15 Å². The predicted molar refractivity (Wildman–Crippen MR) is 132 cm³/mol. The molecule has 7 rings (SSSR count). The van der Waals surface area contributed by atoms with Gasteiger partial charge in [-0.2, -0.15) is 0 Å². The molecule has 0 saturated carbocycles. The van der Waals surface area contributed by atoms with Gasteiger partial charge in [0.05, 0.1) is 16.3 Å². The topological polar surface area (TPSA) is 88.4 Å². The van der Waals surface area contributed by atoms with Crippen LogP contribution in [-0.2, 0) is 20.6 Å². The second-order valence-corrected chi connectivity index (χ2v) is 10.2. The lowest BCUT2D eigenvalue weighted by Gasteiger charge is -2.40. The molecule has 0 N–H and O–H groups in total. The Morgan fingerprint density at radius 1 is 0.971 bits per heavy atom. The average Bonchev–Trinajstić information content (AvgIpc) is 3.38. The Morgan fingerprint density at radius 3 is 2.54 bits per heavy atom. The summed E-state index contributed by atoms with van der Waals surface area (Å²) in [6.45, 7) is 4.50. The Bertz CT molecular complexity index is 1940. The van der Waals surface area contributed by atoms with E-state index < -0.39 is 5.60 Å². The fourth-order valence-electron chi connectivity index (χ4n) is 6.20. The molecule has 8 heteroatoms. The molecule has 0 aliphatic carbocycles. The second-order valence-electron chi connectivity index (χ2n) is 10.2. The van der Waals surface area contributed by atoms with Crippen LogP contribution in [0.3, 0.4) is 0 Å². The number of aromatic nitrogens is 3. The average molecular weight is 469 g/mol. The van der Waals surface area contributed by atoms with Crippen LogP contribution in [0.25, 0.3) is 32.8 Å². The predicted octanol–water partition coefficient (Wildman–Crippen LogP) is 3.23. The molecule has 0 bridgehead atoms. The van der Waals surface area contributed by atoms with Crippen molar-refractivity contribution in [2.24, 2.45) is 20.0 Å². The van der Waals surface area contributed by atoms with Gasteiger partial charge >= 0.3 is 5.69 Å². The molecule has 2 aliphatic heterocycles. The lowest BCUT2D eigenvalue weighted by molar-refractivity contribution is -0.00358. The van der Waals surface area contributed by atoms with Gasteiger partial charge in [0.2, 0.25) is 5.43 Å². The minimum absolute atomic E-state index is 0.0797. The van der Waals surface area contributed by atoms with Crippen LogP contribution in [0.4, 0.5) is 0 Å². The third-order valence-corrected chi connectivity index (χ3v) is 7.97. The van der Waals surface area contributed by atoms with Crippen LogP contribution < -0.4 is 21.4 Å². The minimum atomic E-state index is -0.637. The highest BCUT2D eigenvalue weighted by Crippen LogP contribution is 2.52. The summed E-state index contributed by atoms with van der Waals surface area (Å²) in [5.41, 5.74) is 0.864. The fraction of sp³-hybridized carbons (Fsp3) is 0.296. The highest BCUT2D eigenvalue weighted by Gasteiger charge is 2.52. The summed E-state index contributed by atoms with van der Waals surface area (Å²) in [6, 6.07) is 13.3. The van der Waals surface area contributed by atoms with Crippen molar-refractivity contribution in [3.05, 3.63) is 84.8 Å². The molecule has 2 atom stereocenters. The van der Waals surface area contributed by atoms with E-state index in [1.165, 1.54) is 11.6 Å². The molecule has 2 aromatic carbocycles. The first kappa shape index (κ1) is 20.3. The molecule has 8 nitrogen and oxygen atoms in total. The van der Waals surface area contributed by atoms with E-state index in [0.717, 1.165) is 21.0 Å². The molecule has 0 spiro atoms. The lowest BCUT2D eigenvalue weighted by atomic mass is 9.75. The SMILES string of the molecule is Cn1c(=O)c2cc3n(c2n(C)c1=O)C[C@@H]1[C@H]3c2c(oc3ccc4ccccc4c3c2=O)OC1(C)C. The summed E-state index contributed by atoms with van der Waals surface area (Å²) >= 11 is 0. The van der Waals surface area contributed by atoms with Crippen molar-refractivity contribution in [1.29, 1.82) is 0 Å². The highest BCUT2D eigenvalue weighted by molar-refractivity contribution is 6.05. The largest absolute Gasteiger partial charge is 0.458 e. The molecule has 3 aromatic heterocycles. The quantitative estimate of drug-likeness (QED) is 0.325. The van der Waals surface area contributed by atoms with Crippen LogP contribution in [0.1, 0.15) is 31.0 Å². The maximum atomic E-state index is 14.1. The minimum Gasteiger partial charge on any atom is -0.458 e. The van der Waals surface area contributed by atoms with Gasteiger partial charge in [0, 0.05) is 38.2 Å². The second kappa shape index (κ2) is 6.33. The number of nitrogens with zero attached hydrogens (tertiary/aromatic N) is 3. The molecule has 0 amide bonds. The van der Waals surface area contributed by atoms with Gasteiger partial charge in [-0.05, 0) is 36.8 Å². The Balaban J connectivity index is 1.61. The van der Waals surface area contributed by atoms with Crippen molar-refractivity contribution in [2.45, 2.75) is 31.9 Å². The first-order valence-electron chi connectivity index (χ1n) is 11.7. The van der Waals surface area contributed by atoms with Gasteiger partial charge in [0.15, 0.2) is 0 Å². The van der Waals surface area contributed by atoms with Gasteiger partial charge in [0.25, 0.3) is 11.5 Å². The summed E-state index contributed by atoms with van der Waals surface area (Å²) in [5.74, 6) is -0.186. The molecule has 2 aliphatic rings. The van der Waals surface area contributed by atoms with Crippen molar-refractivity contribution in [1.82, 2.24) is 13.7 Å². The van der Waals surface area contributed by atoms with Crippen molar-refractivity contribution < 1.29 is 9.15 Å². The number of hydrogen-bond acceptors (Lipinski definition) is 5. The number of ether oxygens (including phenoxy) is 1. The number of aryl methyl sites for hydroxylation is 1. The smallest absolute Gasteiger partial charge is 0.332 e. The molecule has 35 heavy (non-hydrogen) atoms. The summed E-state index contributed by atoms with van der Waals surface area (Å²) in [6.07, 6.45) is 0. The summed E-state index contributed by atoms with van der Waals surface area (Å²) < 4.78 is 17.2. The van der Waals surface area contributed by atoms with E-state index >= 15 is 0 Å². The number of rotatable bonds is 0. The molecule has 0 radical (unpaired) electrons. The Labute approximate surface area is 198 Å². The van der Waals surface area contributed by atoms with Crippen molar-refractivity contribution in [3.63, 3.8) is 0 Å². The zero-order chi connectivity index (χ0) is 24.4. The molecule has 5 heterocycles. The van der Waals surface area contributed by atoms with Gasteiger partial charge in [-0.15, -0.1) is 0 Å². The maximum Gasteiger partial charge on any atom is 0.332 e. The zero-order valence-corrected chi connectivity index (χ0v) is 19.8. The van der Waals surface area contributed by atoms with E-state index in [1.807, 2.05) is 60.9 Å². The Kier molecular flexibility index (Phi) is 3.67. The fourth-order valence-corrected chi connectivity index (χ4v) is 6.20. The number of fused-ring (bicyclic) bond motifs is 10. The standard InChI is InChI=1S/C27H23N3O5/c1-27(2)16-12-30-17(11-15-23(30)28(3)26(33)29(4)24(15)32)20(16)21-22(31)19-14-8-6-5-7-13(14)9-10-18(19)34-25(21)35-27/h5-11,16,20H,12H2,1-4H3/t16-,20-/m1/s1. The number of hydrogen-bond donors (Lipinski definition) is 0. The monoisotopic (exact) mass is 469 g/mol. The van der Waals surface area contributed by atoms with Gasteiger partial charge in [-0.1, -0.05) is 30.3 Å². The van der Waals surface area contributed by atoms with Gasteiger partial charge < -0.3 is 13.7 Å². The van der Waals surface area contributed by atoms with Crippen LogP contribution in [0, 0.1) is 5.92 Å². The van der Waals surface area contributed by atoms with Crippen LogP contribution in [0.2, 0.25) is 0 Å². The third kappa shape index (κ3) is 2.39. The molecule has 176 valence electrons. The van der Waals surface area contributed by atoms with E-state index in [1.54, 1.807) is 7.05 Å². The van der Waals surface area contributed by atoms with Crippen LogP contribution in [-0.4, -0.2) is 19.3 Å². The van der Waals surface area contributed by atoms with E-state index in [9.17, 15) is 14.4 Å². The van der Waals surface area contributed by atoms with Crippen LogP contribution >= 0.6 is 0 Å². The van der Waals surface area contributed by atoms with Crippen molar-refractivity contribution >= 4 is 32.8 Å². The molecular weight excluding hydrogens is 446 g/mol. The first-order chi connectivity index (χ1) is 16.7. The molecular formula is C27H23N3O5. The van der Waals surface area contributed by atoms with Gasteiger partial charge in [-0.25, -0.2) is 4.79 Å². The Hall–Kier alpha value is -4.07. The normalized spacial score (nSPS) is 20.1. The van der Waals surface area contributed by atoms with Crippen LogP contribution in [0.15, 0.2) is 61.3 Å². The van der Waals surface area contributed by atoms with E-state index in [2.05, 4.69) is 0 Å². The first-order valence-corrected chi connectivity index (χ1v) is 11.7. The Morgan fingerprint density at radius 2 is 1.74 bits per heavy atom. The molecule has 5 aromatic rings. The number of benzene rings is 2. The van der Waals surface area contributed by atoms with Gasteiger partial charge in [0.1, 0.15) is 16.8 Å².